The van der Waals surface area contributed by atoms with Crippen molar-refractivity contribution in [1.82, 2.24) is 14.7 Å². The van der Waals surface area contributed by atoms with Crippen molar-refractivity contribution < 1.29 is 4.79 Å². The molecule has 1 heterocycles. The van der Waals surface area contributed by atoms with Crippen LogP contribution in [0.1, 0.15) is 34.6 Å². The van der Waals surface area contributed by atoms with E-state index in [9.17, 15) is 4.79 Å². The van der Waals surface area contributed by atoms with Crippen LogP contribution in [0.5, 0.6) is 0 Å². The first-order chi connectivity index (χ1) is 8.40. The van der Waals surface area contributed by atoms with Gasteiger partial charge in [-0.05, 0) is 32.6 Å². The Morgan fingerprint density at radius 1 is 1.50 bits per heavy atom. The van der Waals surface area contributed by atoms with Crippen molar-refractivity contribution in [2.45, 2.75) is 31.5 Å². The van der Waals surface area contributed by atoms with Crippen LogP contribution >= 0.6 is 15.9 Å². The number of rotatable bonds is 3. The second-order valence-electron chi connectivity index (χ2n) is 5.29. The van der Waals surface area contributed by atoms with Crippen LogP contribution in [0, 0.1) is 19.8 Å². The number of amides is 1. The molecule has 0 N–H and O–H groups in total. The number of aromatic nitrogens is 2. The van der Waals surface area contributed by atoms with Gasteiger partial charge in [0.05, 0.1) is 11.3 Å². The number of nitrogens with zero attached hydrogens (tertiary/aromatic N) is 3. The molecule has 4 nitrogen and oxygen atoms in total. The van der Waals surface area contributed by atoms with Crippen molar-refractivity contribution in [2.75, 3.05) is 13.6 Å². The number of carbonyl (C=O) groups is 1. The van der Waals surface area contributed by atoms with Gasteiger partial charge in [0.25, 0.3) is 5.91 Å². The Morgan fingerprint density at radius 3 is 2.56 bits per heavy atom. The quantitative estimate of drug-likeness (QED) is 0.803. The molecule has 1 aromatic rings. The van der Waals surface area contributed by atoms with E-state index in [0.717, 1.165) is 23.5 Å². The molecule has 0 atom stereocenters. The molecule has 5 heteroatoms. The van der Waals surface area contributed by atoms with Gasteiger partial charge in [-0.25, -0.2) is 0 Å². The Bertz CT molecular complexity index is 463. The van der Waals surface area contributed by atoms with Crippen LogP contribution in [0.4, 0.5) is 0 Å². The minimum absolute atomic E-state index is 0.0936. The molecule has 100 valence electrons. The van der Waals surface area contributed by atoms with E-state index in [1.807, 2.05) is 32.8 Å². The minimum atomic E-state index is 0.0936. The maximum absolute atomic E-state index is 12.4. The van der Waals surface area contributed by atoms with Crippen LogP contribution in [0.3, 0.4) is 0 Å². The lowest BCUT2D eigenvalue weighted by molar-refractivity contribution is 0.0747. The van der Waals surface area contributed by atoms with E-state index < -0.39 is 0 Å². The molecule has 1 fully saturated rings. The predicted octanol–water partition coefficient (Wildman–Crippen LogP) is 2.28. The summed E-state index contributed by atoms with van der Waals surface area (Å²) in [5.41, 5.74) is 2.52. The van der Waals surface area contributed by atoms with Gasteiger partial charge in [0.2, 0.25) is 0 Å². The lowest BCUT2D eigenvalue weighted by Gasteiger charge is -2.34. The van der Waals surface area contributed by atoms with Gasteiger partial charge in [0.15, 0.2) is 0 Å². The van der Waals surface area contributed by atoms with Crippen LogP contribution in [0.2, 0.25) is 0 Å². The van der Waals surface area contributed by atoms with Gasteiger partial charge >= 0.3 is 0 Å². The summed E-state index contributed by atoms with van der Waals surface area (Å²) in [6, 6.07) is 0. The third kappa shape index (κ3) is 2.46. The first-order valence-corrected chi connectivity index (χ1v) is 7.21. The Hall–Kier alpha value is -0.840. The molecular formula is C13H20BrN3O. The summed E-state index contributed by atoms with van der Waals surface area (Å²) in [6.07, 6.45) is 2.34. The summed E-state index contributed by atoms with van der Waals surface area (Å²) >= 11 is 3.58. The van der Waals surface area contributed by atoms with E-state index in [0.29, 0.717) is 10.7 Å². The molecule has 1 aromatic heterocycles. The third-order valence-corrected chi connectivity index (χ3v) is 4.53. The van der Waals surface area contributed by atoms with E-state index in [4.69, 9.17) is 0 Å². The van der Waals surface area contributed by atoms with Crippen LogP contribution < -0.4 is 0 Å². The highest BCUT2D eigenvalue weighted by Gasteiger charge is 2.30. The van der Waals surface area contributed by atoms with Crippen LogP contribution in [-0.2, 0) is 7.05 Å². The number of hydrogen-bond acceptors (Lipinski definition) is 2. The normalized spacial score (nSPS) is 22.7. The smallest absolute Gasteiger partial charge is 0.257 e. The van der Waals surface area contributed by atoms with Gasteiger partial charge in [-0.1, -0.05) is 15.9 Å². The van der Waals surface area contributed by atoms with Crippen LogP contribution in [-0.4, -0.2) is 39.0 Å². The summed E-state index contributed by atoms with van der Waals surface area (Å²) in [5, 5.41) is 4.30. The maximum Gasteiger partial charge on any atom is 0.257 e. The first kappa shape index (κ1) is 13.6. The van der Waals surface area contributed by atoms with E-state index in [1.54, 1.807) is 4.68 Å². The number of carbonyl (C=O) groups excluding carboxylic acids is 1. The molecule has 0 aromatic carbocycles. The standard InChI is InChI=1S/C13H20BrN3O/c1-8-12(9(2)17(4)15-8)13(18)16(3)7-10-5-11(14)6-10/h10-11H,5-7H2,1-4H3. The van der Waals surface area contributed by atoms with E-state index in [-0.39, 0.29) is 5.91 Å². The summed E-state index contributed by atoms with van der Waals surface area (Å²) in [7, 11) is 3.76. The number of alkyl halides is 1. The van der Waals surface area contributed by atoms with Gasteiger partial charge in [-0.15, -0.1) is 0 Å². The van der Waals surface area contributed by atoms with E-state index in [2.05, 4.69) is 21.0 Å². The van der Waals surface area contributed by atoms with Gasteiger partial charge in [-0.3, -0.25) is 9.48 Å². The second-order valence-corrected chi connectivity index (χ2v) is 6.58. The molecule has 1 aliphatic carbocycles. The fraction of sp³-hybridized carbons (Fsp3) is 0.692. The lowest BCUT2D eigenvalue weighted by Crippen LogP contribution is -2.38. The minimum Gasteiger partial charge on any atom is -0.341 e. The summed E-state index contributed by atoms with van der Waals surface area (Å²) < 4.78 is 1.77. The van der Waals surface area contributed by atoms with Gasteiger partial charge in [-0.2, -0.15) is 5.10 Å². The zero-order valence-corrected chi connectivity index (χ0v) is 13.0. The molecule has 0 unspecified atom stereocenters. The summed E-state index contributed by atoms with van der Waals surface area (Å²) in [6.45, 7) is 4.68. The van der Waals surface area contributed by atoms with E-state index in [1.165, 1.54) is 12.8 Å². The molecule has 0 radical (unpaired) electrons. The molecule has 18 heavy (non-hydrogen) atoms. The molecule has 0 saturated heterocycles. The molecular weight excluding hydrogens is 294 g/mol. The fourth-order valence-corrected chi connectivity index (χ4v) is 3.60. The van der Waals surface area contributed by atoms with Gasteiger partial charge in [0.1, 0.15) is 0 Å². The zero-order chi connectivity index (χ0) is 13.4. The SMILES string of the molecule is Cc1nn(C)c(C)c1C(=O)N(C)CC1CC(Br)C1. The largest absolute Gasteiger partial charge is 0.341 e. The highest BCUT2D eigenvalue weighted by atomic mass is 79.9. The zero-order valence-electron chi connectivity index (χ0n) is 11.4. The molecule has 0 bridgehead atoms. The number of hydrogen-bond donors (Lipinski definition) is 0. The number of aryl methyl sites for hydroxylation is 2. The second kappa shape index (κ2) is 5.03. The van der Waals surface area contributed by atoms with Crippen molar-refractivity contribution >= 4 is 21.8 Å². The van der Waals surface area contributed by atoms with Crippen molar-refractivity contribution in [3.05, 3.63) is 17.0 Å². The monoisotopic (exact) mass is 313 g/mol. The van der Waals surface area contributed by atoms with E-state index >= 15 is 0 Å². The Balaban J connectivity index is 2.06. The van der Waals surface area contributed by atoms with Crippen molar-refractivity contribution in [3.8, 4) is 0 Å². The summed E-state index contributed by atoms with van der Waals surface area (Å²) in [4.78, 5) is 14.9. The highest BCUT2D eigenvalue weighted by Crippen LogP contribution is 2.33. The fourth-order valence-electron chi connectivity index (χ4n) is 2.55. The topological polar surface area (TPSA) is 38.1 Å². The third-order valence-electron chi connectivity index (χ3n) is 3.78. The lowest BCUT2D eigenvalue weighted by atomic mass is 9.85. The molecule has 2 rings (SSSR count). The van der Waals surface area contributed by atoms with Crippen LogP contribution in [0.15, 0.2) is 0 Å². The van der Waals surface area contributed by atoms with Gasteiger partial charge < -0.3 is 4.90 Å². The molecule has 0 spiro atoms. The molecule has 1 amide bonds. The molecule has 1 aliphatic rings. The Labute approximate surface area is 116 Å². The van der Waals surface area contributed by atoms with Crippen molar-refractivity contribution in [3.63, 3.8) is 0 Å². The van der Waals surface area contributed by atoms with Crippen molar-refractivity contribution in [2.24, 2.45) is 13.0 Å². The summed E-state index contributed by atoms with van der Waals surface area (Å²) in [5.74, 6) is 0.733. The van der Waals surface area contributed by atoms with Crippen LogP contribution in [0.25, 0.3) is 0 Å². The van der Waals surface area contributed by atoms with Crippen molar-refractivity contribution in [1.29, 1.82) is 0 Å². The number of halogens is 1. The Morgan fingerprint density at radius 2 is 2.11 bits per heavy atom. The average molecular weight is 314 g/mol. The Kier molecular flexibility index (Phi) is 3.80. The van der Waals surface area contributed by atoms with Gasteiger partial charge in [0, 0.05) is 31.2 Å². The highest BCUT2D eigenvalue weighted by molar-refractivity contribution is 9.09. The predicted molar refractivity (Wildman–Crippen MR) is 75.1 cm³/mol. The molecule has 1 saturated carbocycles. The maximum atomic E-state index is 12.4. The average Bonchev–Trinajstić information content (AvgIpc) is 2.50. The first-order valence-electron chi connectivity index (χ1n) is 6.30. The molecule has 0 aliphatic heterocycles.